The minimum absolute atomic E-state index is 0.306. The van der Waals surface area contributed by atoms with E-state index in [0.717, 1.165) is 25.6 Å². The van der Waals surface area contributed by atoms with Crippen LogP contribution in [0, 0.1) is 0 Å². The van der Waals surface area contributed by atoms with Crippen LogP contribution in [0.15, 0.2) is 75.2 Å². The second-order valence-corrected chi connectivity index (χ2v) is 9.63. The Morgan fingerprint density at radius 3 is 1.84 bits per heavy atom. The van der Waals surface area contributed by atoms with Crippen molar-refractivity contribution in [1.29, 1.82) is 0 Å². The van der Waals surface area contributed by atoms with E-state index >= 15 is 0 Å². The topological polar surface area (TPSA) is 107 Å². The molecule has 0 bridgehead atoms. The van der Waals surface area contributed by atoms with E-state index in [1.165, 1.54) is 35.6 Å². The fourth-order valence-electron chi connectivity index (χ4n) is 4.64. The first kappa shape index (κ1) is 26.6. The van der Waals surface area contributed by atoms with Crippen molar-refractivity contribution in [3.63, 3.8) is 0 Å². The van der Waals surface area contributed by atoms with Crippen molar-refractivity contribution < 1.29 is 0 Å². The van der Waals surface area contributed by atoms with Crippen LogP contribution >= 0.6 is 0 Å². The normalized spacial score (nSPS) is 11.4. The van der Waals surface area contributed by atoms with Gasteiger partial charge in [0, 0.05) is 77.3 Å². The summed E-state index contributed by atoms with van der Waals surface area (Å²) in [6.45, 7) is 9.50. The largest absolute Gasteiger partial charge is 0.361 e. The number of aromatic amines is 1. The van der Waals surface area contributed by atoms with Gasteiger partial charge in [-0.15, -0.1) is 0 Å². The van der Waals surface area contributed by atoms with Gasteiger partial charge in [-0.1, -0.05) is 31.4 Å². The summed E-state index contributed by atoms with van der Waals surface area (Å²) in [5.74, 6) is 0. The molecular weight excluding hydrogens is 484 g/mol. The number of nitrogens with one attached hydrogen (secondary N) is 1. The van der Waals surface area contributed by atoms with Gasteiger partial charge < -0.3 is 14.1 Å². The van der Waals surface area contributed by atoms with Crippen molar-refractivity contribution in [3.8, 4) is 0 Å². The first-order valence-corrected chi connectivity index (χ1v) is 12.2. The summed E-state index contributed by atoms with van der Waals surface area (Å²) in [4.78, 5) is 55.3. The highest BCUT2D eigenvalue weighted by Crippen LogP contribution is 2.20. The summed E-state index contributed by atoms with van der Waals surface area (Å²) in [5.41, 5.74) is 2.29. The second kappa shape index (κ2) is 10.5. The zero-order chi connectivity index (χ0) is 27.7. The molecule has 10 heteroatoms. The standard InChI is InChI=1S/C28H32N6O4/c1-18(22-16-30(3)27(37)32(5)25(22)35)14-34(12-11-20-13-29-24-10-8-7-9-21(20)24)15-19(2)23-17-31(4)28(38)33(6)26(23)36/h7-10,13,16-17,29H,1-2,11-12,14-15H2,3-6H3. The lowest BCUT2D eigenvalue weighted by atomic mass is 10.1. The molecule has 0 fully saturated rings. The number of benzene rings is 1. The summed E-state index contributed by atoms with van der Waals surface area (Å²) in [5, 5.41) is 1.13. The number of H-pyrrole nitrogens is 1. The van der Waals surface area contributed by atoms with Gasteiger partial charge in [-0.25, -0.2) is 9.59 Å². The van der Waals surface area contributed by atoms with Crippen LogP contribution in [0.5, 0.6) is 0 Å². The molecule has 0 spiro atoms. The van der Waals surface area contributed by atoms with E-state index in [1.807, 2.05) is 24.4 Å². The zero-order valence-corrected chi connectivity index (χ0v) is 22.2. The minimum atomic E-state index is -0.416. The van der Waals surface area contributed by atoms with Crippen LogP contribution in [0.25, 0.3) is 22.0 Å². The Hall–Kier alpha value is -4.44. The molecule has 0 amide bonds. The van der Waals surface area contributed by atoms with Crippen LogP contribution in [0.2, 0.25) is 0 Å². The van der Waals surface area contributed by atoms with E-state index in [0.29, 0.717) is 48.3 Å². The van der Waals surface area contributed by atoms with Crippen molar-refractivity contribution in [2.24, 2.45) is 28.2 Å². The van der Waals surface area contributed by atoms with Crippen LogP contribution in [0.4, 0.5) is 0 Å². The van der Waals surface area contributed by atoms with Gasteiger partial charge in [-0.3, -0.25) is 23.6 Å². The third kappa shape index (κ3) is 5.03. The van der Waals surface area contributed by atoms with Crippen molar-refractivity contribution in [1.82, 2.24) is 28.2 Å². The summed E-state index contributed by atoms with van der Waals surface area (Å²) in [6, 6.07) is 8.05. The number of hydrogen-bond acceptors (Lipinski definition) is 5. The highest BCUT2D eigenvalue weighted by Gasteiger charge is 2.18. The van der Waals surface area contributed by atoms with Crippen molar-refractivity contribution in [2.45, 2.75) is 6.42 Å². The molecule has 0 aliphatic carbocycles. The van der Waals surface area contributed by atoms with Gasteiger partial charge in [-0.2, -0.15) is 0 Å². The number of aryl methyl sites for hydroxylation is 2. The molecule has 0 unspecified atom stereocenters. The Kier molecular flexibility index (Phi) is 7.36. The molecule has 1 aromatic carbocycles. The molecule has 38 heavy (non-hydrogen) atoms. The van der Waals surface area contributed by atoms with Gasteiger partial charge in [0.1, 0.15) is 0 Å². The molecule has 0 aliphatic rings. The molecule has 0 saturated carbocycles. The monoisotopic (exact) mass is 516 g/mol. The summed E-state index contributed by atoms with van der Waals surface area (Å²) in [7, 11) is 6.05. The first-order chi connectivity index (χ1) is 18.0. The van der Waals surface area contributed by atoms with E-state index in [1.54, 1.807) is 14.1 Å². The highest BCUT2D eigenvalue weighted by molar-refractivity contribution is 5.83. The van der Waals surface area contributed by atoms with E-state index in [-0.39, 0.29) is 0 Å². The van der Waals surface area contributed by atoms with Crippen LogP contribution in [0.3, 0.4) is 0 Å². The van der Waals surface area contributed by atoms with Crippen LogP contribution in [-0.4, -0.2) is 47.8 Å². The maximum atomic E-state index is 12.8. The molecule has 4 rings (SSSR count). The number of nitrogens with zero attached hydrogens (tertiary/aromatic N) is 5. The van der Waals surface area contributed by atoms with E-state index in [4.69, 9.17) is 0 Å². The minimum Gasteiger partial charge on any atom is -0.361 e. The summed E-state index contributed by atoms with van der Waals surface area (Å²) < 4.78 is 4.82. The van der Waals surface area contributed by atoms with Crippen LogP contribution in [-0.2, 0) is 34.6 Å². The molecular formula is C28H32N6O4. The number of fused-ring (bicyclic) bond motifs is 1. The fraction of sp³-hybridized carbons (Fsp3) is 0.286. The third-order valence-electron chi connectivity index (χ3n) is 6.86. The Morgan fingerprint density at radius 2 is 1.32 bits per heavy atom. The third-order valence-corrected chi connectivity index (χ3v) is 6.86. The molecule has 0 saturated heterocycles. The van der Waals surface area contributed by atoms with Crippen LogP contribution in [0.1, 0.15) is 16.7 Å². The second-order valence-electron chi connectivity index (χ2n) is 9.63. The maximum absolute atomic E-state index is 12.8. The smallest absolute Gasteiger partial charge is 0.330 e. The Bertz CT molecular complexity index is 1700. The average Bonchev–Trinajstić information content (AvgIpc) is 3.31. The van der Waals surface area contributed by atoms with Crippen molar-refractivity contribution >= 4 is 22.0 Å². The molecule has 0 aliphatic heterocycles. The lowest BCUT2D eigenvalue weighted by Crippen LogP contribution is -2.40. The predicted octanol–water partition coefficient (Wildman–Crippen LogP) is 1.23. The molecule has 0 atom stereocenters. The van der Waals surface area contributed by atoms with Gasteiger partial charge in [0.05, 0.1) is 11.1 Å². The molecule has 3 heterocycles. The Balaban J connectivity index is 1.65. The molecule has 3 aromatic heterocycles. The van der Waals surface area contributed by atoms with Gasteiger partial charge in [0.25, 0.3) is 11.1 Å². The van der Waals surface area contributed by atoms with E-state index in [9.17, 15) is 19.2 Å². The lowest BCUT2D eigenvalue weighted by molar-refractivity contribution is 0.349. The molecule has 4 aromatic rings. The summed E-state index contributed by atoms with van der Waals surface area (Å²) in [6.07, 6.45) is 5.68. The summed E-state index contributed by atoms with van der Waals surface area (Å²) >= 11 is 0. The van der Waals surface area contributed by atoms with E-state index in [2.05, 4.69) is 29.1 Å². The number of para-hydroxylation sites is 1. The van der Waals surface area contributed by atoms with E-state index < -0.39 is 22.5 Å². The zero-order valence-electron chi connectivity index (χ0n) is 22.2. The molecule has 0 radical (unpaired) electrons. The number of hydrogen-bond donors (Lipinski definition) is 1. The highest BCUT2D eigenvalue weighted by atomic mass is 16.2. The van der Waals surface area contributed by atoms with Gasteiger partial charge in [-0.05, 0) is 29.2 Å². The first-order valence-electron chi connectivity index (χ1n) is 12.2. The van der Waals surface area contributed by atoms with Gasteiger partial charge in [0.15, 0.2) is 0 Å². The van der Waals surface area contributed by atoms with Crippen LogP contribution < -0.4 is 22.5 Å². The molecule has 1 N–H and O–H groups in total. The van der Waals surface area contributed by atoms with Crippen molar-refractivity contribution in [3.05, 3.63) is 114 Å². The maximum Gasteiger partial charge on any atom is 0.330 e. The molecule has 10 nitrogen and oxygen atoms in total. The molecule has 198 valence electrons. The quantitative estimate of drug-likeness (QED) is 0.360. The predicted molar refractivity (Wildman–Crippen MR) is 150 cm³/mol. The van der Waals surface area contributed by atoms with Crippen molar-refractivity contribution in [2.75, 3.05) is 19.6 Å². The average molecular weight is 517 g/mol. The SMILES string of the molecule is C=C(CN(CCc1c[nH]c2ccccc12)CC(=C)c1cn(C)c(=O)n(C)c1=O)c1cn(C)c(=O)n(C)c1=O. The number of aromatic nitrogens is 5. The Labute approximate surface area is 219 Å². The fourth-order valence-corrected chi connectivity index (χ4v) is 4.64. The van der Waals surface area contributed by atoms with Gasteiger partial charge >= 0.3 is 11.4 Å². The number of rotatable bonds is 9. The Morgan fingerprint density at radius 1 is 0.816 bits per heavy atom. The lowest BCUT2D eigenvalue weighted by Gasteiger charge is -2.25. The van der Waals surface area contributed by atoms with Gasteiger partial charge in [0.2, 0.25) is 0 Å².